The average Bonchev–Trinajstić information content (AvgIpc) is 2.59. The summed E-state index contributed by atoms with van der Waals surface area (Å²) in [4.78, 5) is 23.9. The first-order valence-electron chi connectivity index (χ1n) is 7.75. The summed E-state index contributed by atoms with van der Waals surface area (Å²) in [6, 6.07) is 5.46. The van der Waals surface area contributed by atoms with Crippen LogP contribution in [0.3, 0.4) is 0 Å². The van der Waals surface area contributed by atoms with Gasteiger partial charge in [-0.1, -0.05) is 18.2 Å². The Morgan fingerprint density at radius 2 is 1.57 bits per heavy atom. The number of hydrogen-bond acceptors (Lipinski definition) is 5. The quantitative estimate of drug-likeness (QED) is 0.511. The van der Waals surface area contributed by atoms with Gasteiger partial charge in [-0.05, 0) is 24.3 Å². The van der Waals surface area contributed by atoms with E-state index in [-0.39, 0.29) is 5.69 Å². The first-order valence-corrected chi connectivity index (χ1v) is 9.57. The lowest BCUT2D eigenvalue weighted by Gasteiger charge is -2.20. The maximum atomic E-state index is 13.3. The highest BCUT2D eigenvalue weighted by Gasteiger charge is 2.58. The van der Waals surface area contributed by atoms with Crippen LogP contribution in [-0.4, -0.2) is 37.8 Å². The smallest absolute Gasteiger partial charge is 0.458 e. The lowest BCUT2D eigenvalue weighted by molar-refractivity contribution is -0.289. The zero-order chi connectivity index (χ0) is 22.9. The minimum atomic E-state index is -5.82. The molecule has 0 spiro atoms. The minimum Gasteiger partial charge on any atom is -0.478 e. The fourth-order valence-electron chi connectivity index (χ4n) is 2.30. The third-order valence-electron chi connectivity index (χ3n) is 3.59. The third kappa shape index (κ3) is 5.03. The van der Waals surface area contributed by atoms with Gasteiger partial charge in [0.25, 0.3) is 5.91 Å². The zero-order valence-electron chi connectivity index (χ0n) is 14.8. The third-order valence-corrected chi connectivity index (χ3v) is 4.07. The van der Waals surface area contributed by atoms with Crippen molar-refractivity contribution in [2.75, 3.05) is 11.6 Å². The first-order chi connectivity index (χ1) is 13.6. The van der Waals surface area contributed by atoms with E-state index in [0.717, 1.165) is 30.3 Å². The second-order valence-corrected chi connectivity index (χ2v) is 7.45. The summed E-state index contributed by atoms with van der Waals surface area (Å²) in [5.41, 5.74) is -2.96. The monoisotopic (exact) mass is 453 g/mol. The summed E-state index contributed by atoms with van der Waals surface area (Å²) in [6.07, 6.45) is -5.17. The molecule has 0 fully saturated rings. The lowest BCUT2D eigenvalue weighted by Crippen LogP contribution is -2.33. The van der Waals surface area contributed by atoms with E-state index < -0.39 is 56.5 Å². The van der Waals surface area contributed by atoms with E-state index in [0.29, 0.717) is 18.4 Å². The van der Waals surface area contributed by atoms with Crippen LogP contribution in [0.25, 0.3) is 0 Å². The van der Waals surface area contributed by atoms with Crippen molar-refractivity contribution < 1.29 is 49.2 Å². The number of halogens is 5. The number of rotatable bonds is 6. The van der Waals surface area contributed by atoms with Crippen molar-refractivity contribution in [2.45, 2.75) is 12.1 Å². The molecule has 0 heterocycles. The minimum absolute atomic E-state index is 0.257. The molecular formula is C17H12F5NO6S. The molecule has 0 saturated heterocycles. The number of amides is 1. The maximum absolute atomic E-state index is 13.3. The molecule has 30 heavy (non-hydrogen) atoms. The largest absolute Gasteiger partial charge is 0.478 e. The van der Waals surface area contributed by atoms with Crippen LogP contribution < -0.4 is 9.50 Å². The van der Waals surface area contributed by atoms with E-state index in [2.05, 4.69) is 9.50 Å². The standard InChI is InChI=1S/C17H12F5NO6S/c1-30(27,28)29-12-4-2-3-11(15(25)26)13(12)14(24)23-10-7-5-9(6-8-10)16(18,19)17(20,21)22/h2-8H,1H3,(H,23,24)(H,25,26). The Morgan fingerprint density at radius 1 is 1.00 bits per heavy atom. The molecule has 2 aromatic carbocycles. The number of aromatic carboxylic acids is 1. The average molecular weight is 453 g/mol. The van der Waals surface area contributed by atoms with E-state index in [1.54, 1.807) is 0 Å². The molecule has 0 atom stereocenters. The summed E-state index contributed by atoms with van der Waals surface area (Å²) in [5, 5.41) is 11.3. The predicted molar refractivity (Wildman–Crippen MR) is 93.2 cm³/mol. The van der Waals surface area contributed by atoms with Gasteiger partial charge >= 0.3 is 28.2 Å². The first kappa shape index (κ1) is 23.1. The summed E-state index contributed by atoms with van der Waals surface area (Å²) < 4.78 is 91.2. The molecule has 0 aliphatic heterocycles. The summed E-state index contributed by atoms with van der Waals surface area (Å²) in [7, 11) is -4.15. The molecule has 7 nitrogen and oxygen atoms in total. The molecule has 0 aromatic heterocycles. The molecule has 1 amide bonds. The summed E-state index contributed by atoms with van der Waals surface area (Å²) >= 11 is 0. The van der Waals surface area contributed by atoms with Crippen LogP contribution in [0.4, 0.5) is 27.6 Å². The molecule has 0 radical (unpaired) electrons. The van der Waals surface area contributed by atoms with Gasteiger partial charge in [0.1, 0.15) is 0 Å². The molecule has 0 unspecified atom stereocenters. The van der Waals surface area contributed by atoms with Gasteiger partial charge in [0, 0.05) is 11.3 Å². The van der Waals surface area contributed by atoms with Crippen molar-refractivity contribution in [3.63, 3.8) is 0 Å². The topological polar surface area (TPSA) is 110 Å². The SMILES string of the molecule is CS(=O)(=O)Oc1cccc(C(=O)O)c1C(=O)Nc1ccc(C(F)(F)C(F)(F)F)cc1. The van der Waals surface area contributed by atoms with E-state index >= 15 is 0 Å². The predicted octanol–water partition coefficient (Wildman–Crippen LogP) is 3.63. The van der Waals surface area contributed by atoms with Crippen molar-refractivity contribution in [2.24, 2.45) is 0 Å². The summed E-state index contributed by atoms with van der Waals surface area (Å²) in [5.74, 6) is -8.53. The van der Waals surface area contributed by atoms with Gasteiger partial charge in [-0.15, -0.1) is 0 Å². The number of carboxylic acid groups (broad SMARTS) is 1. The van der Waals surface area contributed by atoms with Crippen LogP contribution in [0, 0.1) is 0 Å². The van der Waals surface area contributed by atoms with Crippen LogP contribution in [-0.2, 0) is 16.0 Å². The van der Waals surface area contributed by atoms with E-state index in [4.69, 9.17) is 0 Å². The van der Waals surface area contributed by atoms with Gasteiger partial charge in [0.05, 0.1) is 17.4 Å². The lowest BCUT2D eigenvalue weighted by atomic mass is 10.0. The van der Waals surface area contributed by atoms with Crippen molar-refractivity contribution in [3.8, 4) is 5.75 Å². The van der Waals surface area contributed by atoms with Crippen LogP contribution >= 0.6 is 0 Å². The summed E-state index contributed by atoms with van der Waals surface area (Å²) in [6.45, 7) is 0. The van der Waals surface area contributed by atoms with Crippen molar-refractivity contribution >= 4 is 27.7 Å². The van der Waals surface area contributed by atoms with E-state index in [1.807, 2.05) is 0 Å². The Labute approximate surface area is 166 Å². The normalized spacial score (nSPS) is 12.3. The van der Waals surface area contributed by atoms with Gasteiger partial charge in [-0.25, -0.2) is 4.79 Å². The molecule has 2 aromatic rings. The van der Waals surface area contributed by atoms with Gasteiger partial charge in [-0.3, -0.25) is 4.79 Å². The second-order valence-electron chi connectivity index (χ2n) is 5.87. The Balaban J connectivity index is 2.40. The Kier molecular flexibility index (Phi) is 6.07. The van der Waals surface area contributed by atoms with Crippen LogP contribution in [0.2, 0.25) is 0 Å². The molecule has 2 N–H and O–H groups in total. The van der Waals surface area contributed by atoms with Crippen LogP contribution in [0.1, 0.15) is 26.3 Å². The Bertz CT molecular complexity index is 1080. The van der Waals surface area contributed by atoms with E-state index in [9.17, 15) is 45.1 Å². The maximum Gasteiger partial charge on any atom is 0.458 e. The number of anilines is 1. The van der Waals surface area contributed by atoms with Crippen LogP contribution in [0.15, 0.2) is 42.5 Å². The number of carboxylic acids is 1. The number of alkyl halides is 5. The molecule has 0 bridgehead atoms. The van der Waals surface area contributed by atoms with Gasteiger partial charge in [-0.2, -0.15) is 30.4 Å². The fourth-order valence-corrected chi connectivity index (χ4v) is 2.76. The highest BCUT2D eigenvalue weighted by Crippen LogP contribution is 2.44. The molecular weight excluding hydrogens is 441 g/mol. The van der Waals surface area contributed by atoms with Crippen LogP contribution in [0.5, 0.6) is 5.75 Å². The molecule has 0 saturated carbocycles. The fraction of sp³-hybridized carbons (Fsp3) is 0.176. The Hall–Kier alpha value is -3.22. The highest BCUT2D eigenvalue weighted by atomic mass is 32.2. The number of hydrogen-bond donors (Lipinski definition) is 2. The Morgan fingerprint density at radius 3 is 2.03 bits per heavy atom. The number of benzene rings is 2. The zero-order valence-corrected chi connectivity index (χ0v) is 15.6. The second kappa shape index (κ2) is 7.89. The van der Waals surface area contributed by atoms with Crippen molar-refractivity contribution in [3.05, 3.63) is 59.2 Å². The van der Waals surface area contributed by atoms with Gasteiger partial charge in [0.2, 0.25) is 0 Å². The highest BCUT2D eigenvalue weighted by molar-refractivity contribution is 7.86. The number of carbonyl (C=O) groups excluding carboxylic acids is 1. The van der Waals surface area contributed by atoms with E-state index in [1.165, 1.54) is 0 Å². The number of carbonyl (C=O) groups is 2. The van der Waals surface area contributed by atoms with Gasteiger partial charge < -0.3 is 14.6 Å². The molecule has 162 valence electrons. The molecule has 13 heteroatoms. The van der Waals surface area contributed by atoms with Gasteiger partial charge in [0.15, 0.2) is 5.75 Å². The molecule has 0 aliphatic rings. The molecule has 2 rings (SSSR count). The van der Waals surface area contributed by atoms with Crippen molar-refractivity contribution in [1.82, 2.24) is 0 Å². The number of nitrogens with one attached hydrogen (secondary N) is 1. The van der Waals surface area contributed by atoms with Crippen molar-refractivity contribution in [1.29, 1.82) is 0 Å². The molecule has 0 aliphatic carbocycles.